The van der Waals surface area contributed by atoms with Gasteiger partial charge in [-0.1, -0.05) is 13.3 Å². The third-order valence-electron chi connectivity index (χ3n) is 6.74. The van der Waals surface area contributed by atoms with Crippen molar-refractivity contribution in [2.24, 2.45) is 5.92 Å². The van der Waals surface area contributed by atoms with Crippen LogP contribution in [0.15, 0.2) is 0 Å². The SMILES string of the molecule is COC(=O)c1c(NC(=O)CN2C(=O)NC3(CCC(C)CC3)C2=O)sc2c1CCCCC2. The van der Waals surface area contributed by atoms with Gasteiger partial charge in [0.05, 0.1) is 12.7 Å². The van der Waals surface area contributed by atoms with Crippen LogP contribution in [0.1, 0.15) is 72.7 Å². The molecule has 0 radical (unpaired) electrons. The highest BCUT2D eigenvalue weighted by atomic mass is 32.1. The van der Waals surface area contributed by atoms with Crippen molar-refractivity contribution in [1.29, 1.82) is 0 Å². The summed E-state index contributed by atoms with van der Waals surface area (Å²) < 4.78 is 4.96. The minimum Gasteiger partial charge on any atom is -0.465 e. The largest absolute Gasteiger partial charge is 0.465 e. The number of thiophene rings is 1. The lowest BCUT2D eigenvalue weighted by molar-refractivity contribution is -0.135. The van der Waals surface area contributed by atoms with E-state index in [0.29, 0.717) is 29.3 Å². The van der Waals surface area contributed by atoms with E-state index in [2.05, 4.69) is 17.6 Å². The molecular formula is C22H29N3O5S. The van der Waals surface area contributed by atoms with Gasteiger partial charge in [-0.2, -0.15) is 0 Å². The summed E-state index contributed by atoms with van der Waals surface area (Å²) in [4.78, 5) is 52.8. The van der Waals surface area contributed by atoms with E-state index in [1.807, 2.05) is 0 Å². The topological polar surface area (TPSA) is 105 Å². The number of anilines is 1. The summed E-state index contributed by atoms with van der Waals surface area (Å²) >= 11 is 1.39. The molecule has 0 aromatic carbocycles. The van der Waals surface area contributed by atoms with Crippen LogP contribution >= 0.6 is 11.3 Å². The predicted molar refractivity (Wildman–Crippen MR) is 116 cm³/mol. The maximum Gasteiger partial charge on any atom is 0.341 e. The molecule has 4 amide bonds. The Hall–Kier alpha value is -2.42. The molecule has 1 aliphatic heterocycles. The van der Waals surface area contributed by atoms with Crippen LogP contribution < -0.4 is 10.6 Å². The molecule has 9 heteroatoms. The summed E-state index contributed by atoms with van der Waals surface area (Å²) in [5, 5.41) is 6.05. The molecule has 2 fully saturated rings. The zero-order valence-electron chi connectivity index (χ0n) is 18.0. The Morgan fingerprint density at radius 3 is 2.61 bits per heavy atom. The van der Waals surface area contributed by atoms with Gasteiger partial charge in [-0.3, -0.25) is 14.5 Å². The van der Waals surface area contributed by atoms with Crippen LogP contribution in [0, 0.1) is 5.92 Å². The molecule has 1 saturated heterocycles. The Bertz CT molecular complexity index is 916. The molecule has 8 nitrogen and oxygen atoms in total. The number of nitrogens with zero attached hydrogens (tertiary/aromatic N) is 1. The lowest BCUT2D eigenvalue weighted by Crippen LogP contribution is -2.49. The number of imide groups is 1. The van der Waals surface area contributed by atoms with Gasteiger partial charge in [0.2, 0.25) is 5.91 Å². The quantitative estimate of drug-likeness (QED) is 0.419. The molecule has 2 N–H and O–H groups in total. The zero-order valence-corrected chi connectivity index (χ0v) is 18.9. The van der Waals surface area contributed by atoms with Gasteiger partial charge in [0.15, 0.2) is 0 Å². The van der Waals surface area contributed by atoms with Crippen molar-refractivity contribution < 1.29 is 23.9 Å². The molecule has 2 heterocycles. The van der Waals surface area contributed by atoms with Crippen LogP contribution in [-0.2, 0) is 27.2 Å². The lowest BCUT2D eigenvalue weighted by atomic mass is 9.77. The second-order valence-corrected chi connectivity index (χ2v) is 10.00. The molecule has 1 aromatic rings. The molecular weight excluding hydrogens is 418 g/mol. The number of fused-ring (bicyclic) bond motifs is 1. The average molecular weight is 448 g/mol. The minimum absolute atomic E-state index is 0.324. The van der Waals surface area contributed by atoms with Crippen LogP contribution in [0.5, 0.6) is 0 Å². The first-order chi connectivity index (χ1) is 14.8. The van der Waals surface area contributed by atoms with Gasteiger partial charge in [0.1, 0.15) is 17.1 Å². The van der Waals surface area contributed by atoms with Gasteiger partial charge < -0.3 is 15.4 Å². The van der Waals surface area contributed by atoms with Gasteiger partial charge in [-0.05, 0) is 62.8 Å². The Kier molecular flexibility index (Phi) is 6.05. The van der Waals surface area contributed by atoms with E-state index in [1.165, 1.54) is 18.4 Å². The number of rotatable bonds is 4. The normalized spacial score (nSPS) is 25.7. The summed E-state index contributed by atoms with van der Waals surface area (Å²) in [6.45, 7) is 1.77. The number of ether oxygens (including phenoxy) is 1. The molecule has 0 atom stereocenters. The molecule has 3 aliphatic rings. The molecule has 1 aromatic heterocycles. The van der Waals surface area contributed by atoms with E-state index in [0.717, 1.165) is 60.3 Å². The van der Waals surface area contributed by atoms with Crippen molar-refractivity contribution in [3.05, 3.63) is 16.0 Å². The van der Waals surface area contributed by atoms with Crippen molar-refractivity contribution in [2.75, 3.05) is 19.0 Å². The molecule has 4 rings (SSSR count). The van der Waals surface area contributed by atoms with E-state index >= 15 is 0 Å². The first kappa shape index (κ1) is 21.8. The molecule has 0 bridgehead atoms. The number of aryl methyl sites for hydroxylation is 1. The average Bonchev–Trinajstić information content (AvgIpc) is 3.06. The van der Waals surface area contributed by atoms with Crippen molar-refractivity contribution >= 4 is 40.2 Å². The smallest absolute Gasteiger partial charge is 0.341 e. The summed E-state index contributed by atoms with van der Waals surface area (Å²) in [7, 11) is 1.33. The number of carbonyl (C=O) groups is 4. The number of esters is 1. The number of hydrogen-bond acceptors (Lipinski definition) is 6. The van der Waals surface area contributed by atoms with Gasteiger partial charge in [-0.15, -0.1) is 11.3 Å². The van der Waals surface area contributed by atoms with Crippen LogP contribution in [-0.4, -0.2) is 47.9 Å². The van der Waals surface area contributed by atoms with E-state index < -0.39 is 23.4 Å². The van der Waals surface area contributed by atoms with Gasteiger partial charge >= 0.3 is 12.0 Å². The summed E-state index contributed by atoms with van der Waals surface area (Å²) in [5.41, 5.74) is 0.490. The molecule has 2 aliphatic carbocycles. The highest BCUT2D eigenvalue weighted by molar-refractivity contribution is 7.17. The van der Waals surface area contributed by atoms with E-state index in [-0.39, 0.29) is 12.5 Å². The number of hydrogen-bond donors (Lipinski definition) is 2. The molecule has 1 saturated carbocycles. The standard InChI is InChI=1S/C22H29N3O5S/c1-13-8-10-22(11-9-13)20(28)25(21(29)24-22)12-16(26)23-18-17(19(27)30-2)14-6-4-3-5-7-15(14)31-18/h13H,3-12H2,1-2H3,(H,23,26)(H,24,29). The fraction of sp³-hybridized carbons (Fsp3) is 0.636. The van der Waals surface area contributed by atoms with Crippen LogP contribution in [0.4, 0.5) is 9.80 Å². The monoisotopic (exact) mass is 447 g/mol. The third-order valence-corrected chi connectivity index (χ3v) is 7.95. The lowest BCUT2D eigenvalue weighted by Gasteiger charge is -2.33. The third kappa shape index (κ3) is 4.07. The van der Waals surface area contributed by atoms with Gasteiger partial charge in [0, 0.05) is 4.88 Å². The van der Waals surface area contributed by atoms with Crippen LogP contribution in [0.2, 0.25) is 0 Å². The van der Waals surface area contributed by atoms with E-state index in [1.54, 1.807) is 0 Å². The first-order valence-corrected chi connectivity index (χ1v) is 11.8. The van der Waals surface area contributed by atoms with Crippen molar-refractivity contribution in [3.8, 4) is 0 Å². The highest BCUT2D eigenvalue weighted by Crippen LogP contribution is 2.39. The van der Waals surface area contributed by atoms with Crippen LogP contribution in [0.3, 0.4) is 0 Å². The number of methoxy groups -OCH3 is 1. The predicted octanol–water partition coefficient (Wildman–Crippen LogP) is 3.24. The Labute approximate surface area is 185 Å². The maximum atomic E-state index is 13.0. The summed E-state index contributed by atoms with van der Waals surface area (Å²) in [6.07, 6.45) is 7.73. The Balaban J connectivity index is 1.50. The fourth-order valence-corrected chi connectivity index (χ4v) is 6.17. The summed E-state index contributed by atoms with van der Waals surface area (Å²) in [5.74, 6) is -0.764. The van der Waals surface area contributed by atoms with E-state index in [4.69, 9.17) is 4.74 Å². The number of amides is 4. The van der Waals surface area contributed by atoms with Gasteiger partial charge in [0.25, 0.3) is 5.91 Å². The highest BCUT2D eigenvalue weighted by Gasteiger charge is 2.52. The fourth-order valence-electron chi connectivity index (χ4n) is 4.87. The number of urea groups is 1. The van der Waals surface area contributed by atoms with E-state index in [9.17, 15) is 19.2 Å². The van der Waals surface area contributed by atoms with Crippen LogP contribution in [0.25, 0.3) is 0 Å². The minimum atomic E-state index is -0.874. The van der Waals surface area contributed by atoms with Crippen molar-refractivity contribution in [1.82, 2.24) is 10.2 Å². The molecule has 1 spiro atoms. The number of carbonyl (C=O) groups excluding carboxylic acids is 4. The molecule has 0 unspecified atom stereocenters. The number of nitrogens with one attached hydrogen (secondary N) is 2. The Morgan fingerprint density at radius 1 is 1.19 bits per heavy atom. The first-order valence-electron chi connectivity index (χ1n) is 11.0. The Morgan fingerprint density at radius 2 is 1.90 bits per heavy atom. The molecule has 31 heavy (non-hydrogen) atoms. The van der Waals surface area contributed by atoms with Crippen molar-refractivity contribution in [2.45, 2.75) is 70.3 Å². The molecule has 168 valence electrons. The second-order valence-electron chi connectivity index (χ2n) is 8.89. The second kappa shape index (κ2) is 8.61. The maximum absolute atomic E-state index is 13.0. The van der Waals surface area contributed by atoms with Crippen molar-refractivity contribution in [3.63, 3.8) is 0 Å². The zero-order chi connectivity index (χ0) is 22.2. The van der Waals surface area contributed by atoms with Gasteiger partial charge in [-0.25, -0.2) is 9.59 Å². The summed E-state index contributed by atoms with van der Waals surface area (Å²) in [6, 6.07) is -0.523.